The van der Waals surface area contributed by atoms with Crippen LogP contribution in [-0.4, -0.2) is 24.8 Å². The first-order valence-electron chi connectivity index (χ1n) is 7.94. The van der Waals surface area contributed by atoms with E-state index in [9.17, 15) is 9.90 Å². The van der Waals surface area contributed by atoms with Crippen molar-refractivity contribution in [1.29, 1.82) is 0 Å². The number of carboxylic acid groups (broad SMARTS) is 1. The Kier molecular flexibility index (Phi) is 6.01. The van der Waals surface area contributed by atoms with E-state index in [2.05, 4.69) is 6.92 Å². The highest BCUT2D eigenvalue weighted by molar-refractivity contribution is 6.20. The molecule has 0 saturated carbocycles. The highest BCUT2D eigenvalue weighted by atomic mass is 16.5. The van der Waals surface area contributed by atoms with Gasteiger partial charge in [0.1, 0.15) is 0 Å². The maximum atomic E-state index is 11.7. The Hall–Kier alpha value is -2.75. The quantitative estimate of drug-likeness (QED) is 0.609. The second-order valence-electron chi connectivity index (χ2n) is 5.23. The summed E-state index contributed by atoms with van der Waals surface area (Å²) in [6.45, 7) is 4.41. The predicted molar refractivity (Wildman–Crippen MR) is 95.5 cm³/mol. The second kappa shape index (κ2) is 8.20. The molecule has 0 aliphatic rings. The molecule has 2 rings (SSSR count). The third-order valence-electron chi connectivity index (χ3n) is 3.72. The summed E-state index contributed by atoms with van der Waals surface area (Å²) in [6, 6.07) is 13.0. The van der Waals surface area contributed by atoms with Crippen LogP contribution in [0.2, 0.25) is 0 Å². The Morgan fingerprint density at radius 2 is 1.83 bits per heavy atom. The van der Waals surface area contributed by atoms with E-state index in [0.717, 1.165) is 6.42 Å². The molecule has 0 amide bonds. The van der Waals surface area contributed by atoms with Crippen molar-refractivity contribution < 1.29 is 19.4 Å². The van der Waals surface area contributed by atoms with Gasteiger partial charge < -0.3 is 14.6 Å². The van der Waals surface area contributed by atoms with Gasteiger partial charge >= 0.3 is 5.97 Å². The molecule has 0 saturated heterocycles. The van der Waals surface area contributed by atoms with Gasteiger partial charge in [0.25, 0.3) is 0 Å². The number of hydrogen-bond acceptors (Lipinski definition) is 3. The molecule has 0 radical (unpaired) electrons. The van der Waals surface area contributed by atoms with Crippen molar-refractivity contribution in [3.63, 3.8) is 0 Å². The predicted octanol–water partition coefficient (Wildman–Crippen LogP) is 4.28. The fourth-order valence-corrected chi connectivity index (χ4v) is 2.45. The first-order valence-corrected chi connectivity index (χ1v) is 7.94. The molecule has 126 valence electrons. The Labute approximate surface area is 142 Å². The molecule has 0 bridgehead atoms. The summed E-state index contributed by atoms with van der Waals surface area (Å²) in [5, 5.41) is 9.62. The molecule has 0 fully saturated rings. The van der Waals surface area contributed by atoms with Gasteiger partial charge in [-0.1, -0.05) is 43.3 Å². The summed E-state index contributed by atoms with van der Waals surface area (Å²) in [7, 11) is 1.56. The fourth-order valence-electron chi connectivity index (χ4n) is 2.45. The fraction of sp³-hybridized carbons (Fsp3) is 0.250. The number of ether oxygens (including phenoxy) is 2. The van der Waals surface area contributed by atoms with Gasteiger partial charge in [0.2, 0.25) is 0 Å². The van der Waals surface area contributed by atoms with Gasteiger partial charge in [-0.25, -0.2) is 4.79 Å². The van der Waals surface area contributed by atoms with Crippen molar-refractivity contribution in [2.24, 2.45) is 0 Å². The lowest BCUT2D eigenvalue weighted by atomic mass is 10.0. The Bertz CT molecular complexity index is 730. The zero-order chi connectivity index (χ0) is 17.5. The number of carboxylic acids is 1. The van der Waals surface area contributed by atoms with Crippen LogP contribution >= 0.6 is 0 Å². The number of para-hydroxylation sites is 1. The molecule has 24 heavy (non-hydrogen) atoms. The van der Waals surface area contributed by atoms with Crippen molar-refractivity contribution in [2.75, 3.05) is 13.7 Å². The normalized spacial score (nSPS) is 11.2. The molecular formula is C20H22O4. The first-order chi connectivity index (χ1) is 11.6. The summed E-state index contributed by atoms with van der Waals surface area (Å²) < 4.78 is 11.0. The minimum atomic E-state index is -0.982. The van der Waals surface area contributed by atoms with Gasteiger partial charge in [0, 0.05) is 5.56 Å². The lowest BCUT2D eigenvalue weighted by Gasteiger charge is -2.13. The van der Waals surface area contributed by atoms with Gasteiger partial charge in [-0.2, -0.15) is 0 Å². The number of hydrogen-bond donors (Lipinski definition) is 1. The van der Waals surface area contributed by atoms with E-state index in [1.54, 1.807) is 19.3 Å². The summed E-state index contributed by atoms with van der Waals surface area (Å²) in [5.41, 5.74) is 2.71. The number of methoxy groups -OCH3 is 1. The van der Waals surface area contributed by atoms with Crippen molar-refractivity contribution >= 4 is 17.6 Å². The second-order valence-corrected chi connectivity index (χ2v) is 5.23. The van der Waals surface area contributed by atoms with E-state index >= 15 is 0 Å². The van der Waals surface area contributed by atoms with E-state index in [1.165, 1.54) is 5.56 Å². The van der Waals surface area contributed by atoms with Crippen LogP contribution in [0, 0.1) is 0 Å². The maximum Gasteiger partial charge on any atom is 0.336 e. The van der Waals surface area contributed by atoms with E-state index in [-0.39, 0.29) is 5.57 Å². The van der Waals surface area contributed by atoms with Gasteiger partial charge in [-0.15, -0.1) is 0 Å². The minimum absolute atomic E-state index is 0.215. The van der Waals surface area contributed by atoms with Crippen LogP contribution in [0.4, 0.5) is 0 Å². The first kappa shape index (κ1) is 17.6. The summed E-state index contributed by atoms with van der Waals surface area (Å²) in [4.78, 5) is 11.7. The average molecular weight is 326 g/mol. The number of aliphatic carboxylic acids is 1. The van der Waals surface area contributed by atoms with E-state index in [0.29, 0.717) is 29.2 Å². The minimum Gasteiger partial charge on any atom is -0.493 e. The standard InChI is InChI=1S/C20H22O4/c1-4-14-9-11-15(12-10-14)17(20(21)22)13-16-7-6-8-18(23-3)19(16)24-5-2/h6-13H,4-5H2,1-3H3,(H,21,22)/b17-13-. The van der Waals surface area contributed by atoms with Gasteiger partial charge in [-0.3, -0.25) is 0 Å². The smallest absolute Gasteiger partial charge is 0.336 e. The molecule has 0 aromatic heterocycles. The van der Waals surface area contributed by atoms with Crippen LogP contribution in [0.5, 0.6) is 11.5 Å². The SMILES string of the molecule is CCOc1c(/C=C(\C(=O)O)c2ccc(CC)cc2)cccc1OC. The van der Waals surface area contributed by atoms with Crippen LogP contribution in [0.3, 0.4) is 0 Å². The number of benzene rings is 2. The molecule has 2 aromatic carbocycles. The van der Waals surface area contributed by atoms with Crippen molar-refractivity contribution in [3.05, 3.63) is 59.2 Å². The van der Waals surface area contributed by atoms with Crippen LogP contribution in [0.1, 0.15) is 30.5 Å². The third-order valence-corrected chi connectivity index (χ3v) is 3.72. The lowest BCUT2D eigenvalue weighted by Crippen LogP contribution is -2.02. The molecule has 0 aliphatic carbocycles. The van der Waals surface area contributed by atoms with E-state index in [4.69, 9.17) is 9.47 Å². The molecule has 0 aliphatic heterocycles. The van der Waals surface area contributed by atoms with Crippen LogP contribution in [0.25, 0.3) is 11.6 Å². The van der Waals surface area contributed by atoms with Crippen LogP contribution in [-0.2, 0) is 11.2 Å². The molecule has 0 heterocycles. The van der Waals surface area contributed by atoms with E-state index < -0.39 is 5.97 Å². The Morgan fingerprint density at radius 3 is 2.38 bits per heavy atom. The molecule has 0 spiro atoms. The molecule has 4 heteroatoms. The van der Waals surface area contributed by atoms with Crippen molar-refractivity contribution in [2.45, 2.75) is 20.3 Å². The summed E-state index contributed by atoms with van der Waals surface area (Å²) >= 11 is 0. The summed E-state index contributed by atoms with van der Waals surface area (Å²) in [6.07, 6.45) is 2.54. The Morgan fingerprint density at radius 1 is 1.12 bits per heavy atom. The van der Waals surface area contributed by atoms with Gasteiger partial charge in [0.05, 0.1) is 19.3 Å². The molecule has 0 atom stereocenters. The molecule has 4 nitrogen and oxygen atoms in total. The molecule has 1 N–H and O–H groups in total. The zero-order valence-corrected chi connectivity index (χ0v) is 14.2. The van der Waals surface area contributed by atoms with Crippen molar-refractivity contribution in [3.8, 4) is 11.5 Å². The van der Waals surface area contributed by atoms with E-state index in [1.807, 2.05) is 43.3 Å². The Balaban J connectivity index is 2.53. The number of carbonyl (C=O) groups is 1. The monoisotopic (exact) mass is 326 g/mol. The van der Waals surface area contributed by atoms with Crippen LogP contribution in [0.15, 0.2) is 42.5 Å². The van der Waals surface area contributed by atoms with Crippen molar-refractivity contribution in [1.82, 2.24) is 0 Å². The topological polar surface area (TPSA) is 55.8 Å². The lowest BCUT2D eigenvalue weighted by molar-refractivity contribution is -0.130. The highest BCUT2D eigenvalue weighted by Gasteiger charge is 2.14. The third kappa shape index (κ3) is 3.96. The maximum absolute atomic E-state index is 11.7. The number of aryl methyl sites for hydroxylation is 1. The average Bonchev–Trinajstić information content (AvgIpc) is 2.60. The molecular weight excluding hydrogens is 304 g/mol. The van der Waals surface area contributed by atoms with Gasteiger partial charge in [-0.05, 0) is 36.6 Å². The largest absolute Gasteiger partial charge is 0.493 e. The molecule has 2 aromatic rings. The number of rotatable bonds is 7. The molecule has 0 unspecified atom stereocenters. The summed E-state index contributed by atoms with van der Waals surface area (Å²) in [5.74, 6) is 0.146. The zero-order valence-electron chi connectivity index (χ0n) is 14.2. The van der Waals surface area contributed by atoms with Crippen LogP contribution < -0.4 is 9.47 Å². The van der Waals surface area contributed by atoms with Gasteiger partial charge in [0.15, 0.2) is 11.5 Å². The highest BCUT2D eigenvalue weighted by Crippen LogP contribution is 2.34.